The number of nitro benzene ring substituents is 1. The highest BCUT2D eigenvalue weighted by Crippen LogP contribution is 2.32. The fourth-order valence-electron chi connectivity index (χ4n) is 1.87. The standard InChI is InChI=1S/C15H15FN2O3/c1-2-13(17)10-3-6-12(7-4-10)21-15-9-11(16)5-8-14(15)18(19)20/h3-9,13H,2,17H2,1H3. The number of rotatable bonds is 5. The average molecular weight is 290 g/mol. The van der Waals surface area contributed by atoms with Crippen molar-refractivity contribution in [2.45, 2.75) is 19.4 Å². The van der Waals surface area contributed by atoms with Gasteiger partial charge in [0, 0.05) is 18.2 Å². The molecule has 0 bridgehead atoms. The van der Waals surface area contributed by atoms with Crippen molar-refractivity contribution in [3.05, 3.63) is 64.0 Å². The van der Waals surface area contributed by atoms with Crippen LogP contribution < -0.4 is 10.5 Å². The Kier molecular flexibility index (Phi) is 4.49. The molecule has 0 aliphatic heterocycles. The van der Waals surface area contributed by atoms with Gasteiger partial charge in [-0.1, -0.05) is 19.1 Å². The topological polar surface area (TPSA) is 78.4 Å². The number of hydrogen-bond donors (Lipinski definition) is 1. The van der Waals surface area contributed by atoms with Crippen molar-refractivity contribution in [2.75, 3.05) is 0 Å². The Bertz CT molecular complexity index is 644. The predicted octanol–water partition coefficient (Wildman–Crippen LogP) is 3.94. The van der Waals surface area contributed by atoms with E-state index in [2.05, 4.69) is 0 Å². The van der Waals surface area contributed by atoms with Crippen LogP contribution in [0.1, 0.15) is 24.9 Å². The van der Waals surface area contributed by atoms with Crippen LogP contribution >= 0.6 is 0 Å². The van der Waals surface area contributed by atoms with E-state index in [1.165, 1.54) is 0 Å². The Labute approximate surface area is 121 Å². The molecule has 110 valence electrons. The van der Waals surface area contributed by atoms with Gasteiger partial charge in [0.1, 0.15) is 11.6 Å². The molecule has 1 unspecified atom stereocenters. The normalized spacial score (nSPS) is 12.0. The summed E-state index contributed by atoms with van der Waals surface area (Å²) in [6.45, 7) is 1.98. The molecular formula is C15H15FN2O3. The molecule has 0 spiro atoms. The van der Waals surface area contributed by atoms with Crippen molar-refractivity contribution in [1.82, 2.24) is 0 Å². The third kappa shape index (κ3) is 3.55. The maximum absolute atomic E-state index is 13.2. The highest BCUT2D eigenvalue weighted by atomic mass is 19.1. The van der Waals surface area contributed by atoms with Gasteiger partial charge in [-0.05, 0) is 30.2 Å². The molecule has 2 aromatic carbocycles. The highest BCUT2D eigenvalue weighted by molar-refractivity contribution is 5.48. The zero-order chi connectivity index (χ0) is 15.4. The third-order valence-corrected chi connectivity index (χ3v) is 3.09. The largest absolute Gasteiger partial charge is 0.450 e. The van der Waals surface area contributed by atoms with E-state index in [1.54, 1.807) is 24.3 Å². The van der Waals surface area contributed by atoms with E-state index >= 15 is 0 Å². The lowest BCUT2D eigenvalue weighted by Crippen LogP contribution is -2.08. The van der Waals surface area contributed by atoms with Crippen LogP contribution in [0.25, 0.3) is 0 Å². The van der Waals surface area contributed by atoms with Crippen LogP contribution in [0.2, 0.25) is 0 Å². The first-order chi connectivity index (χ1) is 10.0. The first kappa shape index (κ1) is 14.9. The summed E-state index contributed by atoms with van der Waals surface area (Å²) in [5, 5.41) is 10.9. The summed E-state index contributed by atoms with van der Waals surface area (Å²) >= 11 is 0. The van der Waals surface area contributed by atoms with Crippen LogP contribution in [0, 0.1) is 15.9 Å². The first-order valence-corrected chi connectivity index (χ1v) is 6.48. The number of hydrogen-bond acceptors (Lipinski definition) is 4. The van der Waals surface area contributed by atoms with E-state index in [1.807, 2.05) is 6.92 Å². The fraction of sp³-hybridized carbons (Fsp3) is 0.200. The minimum atomic E-state index is -0.615. The van der Waals surface area contributed by atoms with Crippen molar-refractivity contribution in [3.8, 4) is 11.5 Å². The number of ether oxygens (including phenoxy) is 1. The SMILES string of the molecule is CCC(N)c1ccc(Oc2cc(F)ccc2[N+](=O)[O-])cc1. The fourth-order valence-corrected chi connectivity index (χ4v) is 1.87. The minimum Gasteiger partial charge on any atom is -0.450 e. The van der Waals surface area contributed by atoms with Crippen molar-refractivity contribution < 1.29 is 14.1 Å². The molecule has 0 aromatic heterocycles. The Morgan fingerprint density at radius 1 is 1.29 bits per heavy atom. The van der Waals surface area contributed by atoms with Crippen LogP contribution in [0.4, 0.5) is 10.1 Å². The maximum Gasteiger partial charge on any atom is 0.311 e. The first-order valence-electron chi connectivity index (χ1n) is 6.48. The summed E-state index contributed by atoms with van der Waals surface area (Å²) in [4.78, 5) is 10.3. The third-order valence-electron chi connectivity index (χ3n) is 3.09. The minimum absolute atomic E-state index is 0.0671. The molecular weight excluding hydrogens is 275 g/mol. The number of nitrogens with zero attached hydrogens (tertiary/aromatic N) is 1. The molecule has 0 radical (unpaired) electrons. The molecule has 0 fully saturated rings. The van der Waals surface area contributed by atoms with Gasteiger partial charge in [-0.2, -0.15) is 0 Å². The number of nitro groups is 1. The van der Waals surface area contributed by atoms with Gasteiger partial charge < -0.3 is 10.5 Å². The quantitative estimate of drug-likeness (QED) is 0.668. The van der Waals surface area contributed by atoms with Gasteiger partial charge in [-0.3, -0.25) is 10.1 Å². The van der Waals surface area contributed by atoms with Crippen molar-refractivity contribution in [3.63, 3.8) is 0 Å². The van der Waals surface area contributed by atoms with Gasteiger partial charge in [0.15, 0.2) is 0 Å². The smallest absolute Gasteiger partial charge is 0.311 e. The maximum atomic E-state index is 13.2. The molecule has 0 amide bonds. The molecule has 0 saturated heterocycles. The number of nitrogens with two attached hydrogens (primary N) is 1. The van der Waals surface area contributed by atoms with Crippen LogP contribution in [0.3, 0.4) is 0 Å². The molecule has 0 aliphatic carbocycles. The molecule has 0 aliphatic rings. The van der Waals surface area contributed by atoms with Crippen molar-refractivity contribution in [2.24, 2.45) is 5.73 Å². The Morgan fingerprint density at radius 3 is 2.52 bits per heavy atom. The van der Waals surface area contributed by atoms with Gasteiger partial charge in [0.25, 0.3) is 0 Å². The van der Waals surface area contributed by atoms with Crippen molar-refractivity contribution >= 4 is 5.69 Å². The van der Waals surface area contributed by atoms with Gasteiger partial charge in [0.05, 0.1) is 4.92 Å². The molecule has 2 aromatic rings. The van der Waals surface area contributed by atoms with Gasteiger partial charge in [0.2, 0.25) is 5.75 Å². The zero-order valence-electron chi connectivity index (χ0n) is 11.5. The molecule has 0 saturated carbocycles. The molecule has 2 rings (SSSR count). The van der Waals surface area contributed by atoms with E-state index in [4.69, 9.17) is 10.5 Å². The second-order valence-electron chi connectivity index (χ2n) is 4.55. The summed E-state index contributed by atoms with van der Waals surface area (Å²) in [5.74, 6) is -0.344. The summed E-state index contributed by atoms with van der Waals surface area (Å²) in [5.41, 5.74) is 6.56. The second-order valence-corrected chi connectivity index (χ2v) is 4.55. The van der Waals surface area contributed by atoms with E-state index in [0.29, 0.717) is 5.75 Å². The number of halogens is 1. The highest BCUT2D eigenvalue weighted by Gasteiger charge is 2.16. The zero-order valence-corrected chi connectivity index (χ0v) is 11.5. The lowest BCUT2D eigenvalue weighted by atomic mass is 10.1. The molecule has 0 heterocycles. The van der Waals surface area contributed by atoms with E-state index < -0.39 is 10.7 Å². The van der Waals surface area contributed by atoms with Gasteiger partial charge in [-0.25, -0.2) is 4.39 Å². The lowest BCUT2D eigenvalue weighted by Gasteiger charge is -2.10. The van der Waals surface area contributed by atoms with Crippen molar-refractivity contribution in [1.29, 1.82) is 0 Å². The lowest BCUT2D eigenvalue weighted by molar-refractivity contribution is -0.385. The molecule has 2 N–H and O–H groups in total. The summed E-state index contributed by atoms with van der Waals surface area (Å²) < 4.78 is 18.6. The van der Waals surface area contributed by atoms with Crippen LogP contribution in [-0.4, -0.2) is 4.92 Å². The predicted molar refractivity (Wildman–Crippen MR) is 76.8 cm³/mol. The Hall–Kier alpha value is -2.47. The van der Waals surface area contributed by atoms with Gasteiger partial charge in [-0.15, -0.1) is 0 Å². The number of benzene rings is 2. The van der Waals surface area contributed by atoms with Gasteiger partial charge >= 0.3 is 5.69 Å². The van der Waals surface area contributed by atoms with Crippen LogP contribution in [-0.2, 0) is 0 Å². The monoisotopic (exact) mass is 290 g/mol. The van der Waals surface area contributed by atoms with E-state index in [-0.39, 0.29) is 17.5 Å². The van der Waals surface area contributed by atoms with E-state index in [0.717, 1.165) is 30.2 Å². The molecule has 6 heteroatoms. The van der Waals surface area contributed by atoms with E-state index in [9.17, 15) is 14.5 Å². The molecule has 21 heavy (non-hydrogen) atoms. The summed E-state index contributed by atoms with van der Waals surface area (Å²) in [7, 11) is 0. The average Bonchev–Trinajstić information content (AvgIpc) is 2.47. The Morgan fingerprint density at radius 2 is 1.95 bits per heavy atom. The Balaban J connectivity index is 2.26. The molecule has 5 nitrogen and oxygen atoms in total. The molecule has 1 atom stereocenters. The van der Waals surface area contributed by atoms with Crippen LogP contribution in [0.5, 0.6) is 11.5 Å². The summed E-state index contributed by atoms with van der Waals surface area (Å²) in [6, 6.07) is 9.90. The van der Waals surface area contributed by atoms with Crippen LogP contribution in [0.15, 0.2) is 42.5 Å². The summed E-state index contributed by atoms with van der Waals surface area (Å²) in [6.07, 6.45) is 0.801. The second kappa shape index (κ2) is 6.32.